The van der Waals surface area contributed by atoms with E-state index in [4.69, 9.17) is 23.4 Å². The van der Waals surface area contributed by atoms with Crippen LogP contribution in [0.2, 0.25) is 5.02 Å². The molecule has 1 heterocycles. The molecule has 3 rings (SSSR count). The van der Waals surface area contributed by atoms with Crippen LogP contribution in [0.4, 0.5) is 11.4 Å². The molecular weight excluding hydrogens is 417 g/mol. The number of rotatable bonds is 5. The second-order valence-electron chi connectivity index (χ2n) is 7.42. The minimum absolute atomic E-state index is 0.395. The maximum atomic E-state index is 13.3. The van der Waals surface area contributed by atoms with Gasteiger partial charge in [-0.25, -0.2) is 8.42 Å². The number of sulfonamides is 1. The standard InChI is InChI=1S/C20H25Cl2N3O2S/c1-15-14-16(8-9-19(15)24-12-10-23-11-13-24)25(22)28(26,27)20(2,3)17-6-4-5-7-18(17)21/h4-9,14,23H,10-13H2,1-3H3. The van der Waals surface area contributed by atoms with Gasteiger partial charge in [0.25, 0.3) is 10.0 Å². The van der Waals surface area contributed by atoms with Crippen molar-refractivity contribution in [3.05, 3.63) is 58.6 Å². The number of aryl methyl sites for hydroxylation is 1. The van der Waals surface area contributed by atoms with E-state index in [1.165, 1.54) is 0 Å². The van der Waals surface area contributed by atoms with Crippen LogP contribution in [0.25, 0.3) is 0 Å². The Kier molecular flexibility index (Phi) is 6.15. The van der Waals surface area contributed by atoms with Crippen molar-refractivity contribution in [3.63, 3.8) is 0 Å². The Morgan fingerprint density at radius 1 is 1.11 bits per heavy atom. The zero-order valence-corrected chi connectivity index (χ0v) is 18.6. The highest BCUT2D eigenvalue weighted by atomic mass is 35.5. The molecule has 1 saturated heterocycles. The van der Waals surface area contributed by atoms with Crippen molar-refractivity contribution in [2.24, 2.45) is 0 Å². The molecule has 0 aliphatic carbocycles. The minimum Gasteiger partial charge on any atom is -0.369 e. The van der Waals surface area contributed by atoms with E-state index < -0.39 is 14.8 Å². The van der Waals surface area contributed by atoms with Gasteiger partial charge in [-0.3, -0.25) is 0 Å². The second-order valence-corrected chi connectivity index (χ2v) is 10.7. The van der Waals surface area contributed by atoms with E-state index in [2.05, 4.69) is 10.2 Å². The molecule has 5 nitrogen and oxygen atoms in total. The Morgan fingerprint density at radius 2 is 1.75 bits per heavy atom. The van der Waals surface area contributed by atoms with Gasteiger partial charge >= 0.3 is 0 Å². The van der Waals surface area contributed by atoms with Gasteiger partial charge in [-0.1, -0.05) is 29.8 Å². The molecule has 1 aliphatic heterocycles. The summed E-state index contributed by atoms with van der Waals surface area (Å²) in [5, 5.41) is 3.72. The van der Waals surface area contributed by atoms with Crippen LogP contribution >= 0.6 is 23.4 Å². The maximum absolute atomic E-state index is 13.3. The number of hydrogen-bond donors (Lipinski definition) is 1. The Hall–Kier alpha value is -1.47. The molecule has 0 aromatic heterocycles. The van der Waals surface area contributed by atoms with Gasteiger partial charge in [0, 0.05) is 48.7 Å². The zero-order valence-electron chi connectivity index (χ0n) is 16.2. The lowest BCUT2D eigenvalue weighted by Crippen LogP contribution is -2.43. The summed E-state index contributed by atoms with van der Waals surface area (Å²) in [5.74, 6) is 0. The normalized spacial score (nSPS) is 15.5. The van der Waals surface area contributed by atoms with Gasteiger partial charge in [0.15, 0.2) is 0 Å². The summed E-state index contributed by atoms with van der Waals surface area (Å²) in [7, 11) is -3.93. The predicted molar refractivity (Wildman–Crippen MR) is 118 cm³/mol. The Bertz CT molecular complexity index is 958. The van der Waals surface area contributed by atoms with Crippen molar-refractivity contribution in [2.45, 2.75) is 25.5 Å². The first-order valence-electron chi connectivity index (χ1n) is 9.18. The van der Waals surface area contributed by atoms with Crippen molar-refractivity contribution >= 4 is 44.8 Å². The number of nitrogens with zero attached hydrogens (tertiary/aromatic N) is 2. The third kappa shape index (κ3) is 3.83. The molecule has 8 heteroatoms. The highest BCUT2D eigenvalue weighted by Gasteiger charge is 2.42. The summed E-state index contributed by atoms with van der Waals surface area (Å²) in [5.41, 5.74) is 3.00. The fraction of sp³-hybridized carbons (Fsp3) is 0.400. The van der Waals surface area contributed by atoms with Crippen LogP contribution < -0.4 is 14.0 Å². The van der Waals surface area contributed by atoms with Gasteiger partial charge in [0.1, 0.15) is 4.75 Å². The van der Waals surface area contributed by atoms with Crippen molar-refractivity contribution in [3.8, 4) is 0 Å². The number of halogens is 2. The number of hydrogen-bond acceptors (Lipinski definition) is 4. The van der Waals surface area contributed by atoms with E-state index in [1.54, 1.807) is 44.2 Å². The second kappa shape index (κ2) is 8.11. The number of piperazine rings is 1. The third-order valence-electron chi connectivity index (χ3n) is 5.22. The van der Waals surface area contributed by atoms with E-state index in [0.717, 1.165) is 41.3 Å². The van der Waals surface area contributed by atoms with Crippen molar-refractivity contribution in [1.82, 2.24) is 5.32 Å². The quantitative estimate of drug-likeness (QED) is 0.703. The van der Waals surface area contributed by atoms with Crippen LogP contribution in [0.5, 0.6) is 0 Å². The molecule has 0 radical (unpaired) electrons. The highest BCUT2D eigenvalue weighted by molar-refractivity contribution is 7.95. The van der Waals surface area contributed by atoms with Gasteiger partial charge in [-0.15, -0.1) is 0 Å². The lowest BCUT2D eigenvalue weighted by Gasteiger charge is -2.32. The van der Waals surface area contributed by atoms with Crippen LogP contribution in [0, 0.1) is 6.92 Å². The summed E-state index contributed by atoms with van der Waals surface area (Å²) in [6.45, 7) is 8.90. The smallest absolute Gasteiger partial charge is 0.258 e. The van der Waals surface area contributed by atoms with Gasteiger partial charge in [0.2, 0.25) is 0 Å². The van der Waals surface area contributed by atoms with Crippen LogP contribution in [-0.4, -0.2) is 34.6 Å². The van der Waals surface area contributed by atoms with Crippen molar-refractivity contribution in [1.29, 1.82) is 0 Å². The fourth-order valence-corrected chi connectivity index (χ4v) is 5.74. The maximum Gasteiger partial charge on any atom is 0.258 e. The fourth-order valence-electron chi connectivity index (χ4n) is 3.44. The average molecular weight is 442 g/mol. The van der Waals surface area contributed by atoms with E-state index in [0.29, 0.717) is 16.3 Å². The van der Waals surface area contributed by atoms with Gasteiger partial charge < -0.3 is 10.2 Å². The molecule has 0 spiro atoms. The SMILES string of the molecule is Cc1cc(N(Cl)S(=O)(=O)C(C)(C)c2ccccc2Cl)ccc1N1CCNCC1. The number of anilines is 2. The van der Waals surface area contributed by atoms with E-state index >= 15 is 0 Å². The molecule has 0 atom stereocenters. The molecule has 0 unspecified atom stereocenters. The minimum atomic E-state index is -3.93. The van der Waals surface area contributed by atoms with Gasteiger partial charge in [0.05, 0.1) is 5.69 Å². The van der Waals surface area contributed by atoms with Gasteiger partial charge in [-0.05, 0) is 56.2 Å². The van der Waals surface area contributed by atoms with Crippen molar-refractivity contribution in [2.75, 3.05) is 34.9 Å². The monoisotopic (exact) mass is 441 g/mol. The summed E-state index contributed by atoms with van der Waals surface area (Å²) < 4.78 is 26.2. The molecule has 1 aliphatic rings. The van der Waals surface area contributed by atoms with Crippen LogP contribution in [0.1, 0.15) is 25.0 Å². The Labute approximate surface area is 177 Å². The van der Waals surface area contributed by atoms with Crippen LogP contribution in [-0.2, 0) is 14.8 Å². The molecule has 2 aromatic rings. The topological polar surface area (TPSA) is 52.7 Å². The number of benzene rings is 2. The summed E-state index contributed by atoms with van der Waals surface area (Å²) in [6.07, 6.45) is 0. The summed E-state index contributed by atoms with van der Waals surface area (Å²) >= 11 is 12.6. The molecular formula is C20H25Cl2N3O2S. The molecule has 152 valence electrons. The lowest BCUT2D eigenvalue weighted by atomic mass is 10.0. The first-order chi connectivity index (χ1) is 13.2. The Balaban J connectivity index is 1.93. The first kappa shape index (κ1) is 21.2. The molecule has 1 fully saturated rings. The van der Waals surface area contributed by atoms with Crippen molar-refractivity contribution < 1.29 is 8.42 Å². The Morgan fingerprint density at radius 3 is 2.36 bits per heavy atom. The van der Waals surface area contributed by atoms with E-state index in [9.17, 15) is 8.42 Å². The molecule has 0 amide bonds. The first-order valence-corrected chi connectivity index (χ1v) is 11.3. The largest absolute Gasteiger partial charge is 0.369 e. The highest BCUT2D eigenvalue weighted by Crippen LogP contribution is 2.39. The molecule has 2 aromatic carbocycles. The molecule has 1 N–H and O–H groups in total. The molecule has 0 saturated carbocycles. The zero-order chi connectivity index (χ0) is 20.5. The van der Waals surface area contributed by atoms with E-state index in [-0.39, 0.29) is 0 Å². The average Bonchev–Trinajstić information content (AvgIpc) is 2.68. The summed E-state index contributed by atoms with van der Waals surface area (Å²) in [6, 6.07) is 12.4. The summed E-state index contributed by atoms with van der Waals surface area (Å²) in [4.78, 5) is 2.29. The lowest BCUT2D eigenvalue weighted by molar-refractivity contribution is 0.557. The van der Waals surface area contributed by atoms with E-state index in [1.807, 2.05) is 19.1 Å². The van der Waals surface area contributed by atoms with Crippen LogP contribution in [0.15, 0.2) is 42.5 Å². The number of nitrogens with one attached hydrogen (secondary N) is 1. The molecule has 0 bridgehead atoms. The molecule has 28 heavy (non-hydrogen) atoms. The predicted octanol–water partition coefficient (Wildman–Crippen LogP) is 4.28. The third-order valence-corrected chi connectivity index (χ3v) is 8.43. The van der Waals surface area contributed by atoms with Crippen LogP contribution in [0.3, 0.4) is 0 Å². The van der Waals surface area contributed by atoms with Gasteiger partial charge in [-0.2, -0.15) is 3.82 Å².